The lowest BCUT2D eigenvalue weighted by molar-refractivity contribution is -0.139. The van der Waals surface area contributed by atoms with Gasteiger partial charge in [-0.05, 0) is 39.0 Å². The first-order valence-corrected chi connectivity index (χ1v) is 8.24. The number of amides is 1. The molecule has 0 saturated heterocycles. The third kappa shape index (κ3) is 4.53. The average Bonchev–Trinajstić information content (AvgIpc) is 2.93. The van der Waals surface area contributed by atoms with Crippen molar-refractivity contribution in [2.45, 2.75) is 26.8 Å². The molecule has 0 radical (unpaired) electrons. The highest BCUT2D eigenvalue weighted by Crippen LogP contribution is 2.29. The zero-order chi connectivity index (χ0) is 19.3. The van der Waals surface area contributed by atoms with Crippen LogP contribution in [0.15, 0.2) is 24.4 Å². The summed E-state index contributed by atoms with van der Waals surface area (Å²) < 4.78 is 12.4. The van der Waals surface area contributed by atoms with Crippen molar-refractivity contribution in [1.29, 1.82) is 0 Å². The largest absolute Gasteiger partial charge is 0.490 e. The van der Waals surface area contributed by atoms with Crippen molar-refractivity contribution in [2.75, 3.05) is 13.2 Å². The van der Waals surface area contributed by atoms with E-state index in [9.17, 15) is 9.59 Å². The predicted molar refractivity (Wildman–Crippen MR) is 94.6 cm³/mol. The van der Waals surface area contributed by atoms with E-state index in [0.29, 0.717) is 17.9 Å². The van der Waals surface area contributed by atoms with Crippen LogP contribution in [0, 0.1) is 6.92 Å². The van der Waals surface area contributed by atoms with Crippen LogP contribution in [0.2, 0.25) is 0 Å². The van der Waals surface area contributed by atoms with Crippen LogP contribution < -0.4 is 14.8 Å². The maximum atomic E-state index is 12.6. The topological polar surface area (TPSA) is 103 Å². The molecule has 0 aliphatic heterocycles. The van der Waals surface area contributed by atoms with Gasteiger partial charge < -0.3 is 19.9 Å². The smallest absolute Gasteiger partial charge is 0.341 e. The molecule has 1 aromatic heterocycles. The van der Waals surface area contributed by atoms with E-state index in [1.807, 2.05) is 20.9 Å². The highest BCUT2D eigenvalue weighted by Gasteiger charge is 2.17. The molecule has 1 atom stereocenters. The average molecular weight is 361 g/mol. The molecule has 26 heavy (non-hydrogen) atoms. The summed E-state index contributed by atoms with van der Waals surface area (Å²) in [5.41, 5.74) is 2.31. The fourth-order valence-electron chi connectivity index (χ4n) is 2.47. The lowest BCUT2D eigenvalue weighted by Gasteiger charge is -2.15. The monoisotopic (exact) mass is 361 g/mol. The van der Waals surface area contributed by atoms with Gasteiger partial charge in [0.05, 0.1) is 18.8 Å². The molecule has 0 saturated carbocycles. The summed E-state index contributed by atoms with van der Waals surface area (Å²) in [6, 6.07) is 4.43. The van der Waals surface area contributed by atoms with Crippen LogP contribution >= 0.6 is 0 Å². The SMILES string of the molecule is CCOc1cc(C(=O)NC(C)c2cnn(C)c2C)ccc1OCC(=O)O. The minimum absolute atomic E-state index is 0.213. The number of aryl methyl sites for hydroxylation is 1. The van der Waals surface area contributed by atoms with E-state index < -0.39 is 12.6 Å². The molecule has 8 heteroatoms. The standard InChI is InChI=1S/C18H23N3O5/c1-5-25-16-8-13(6-7-15(16)26-10-17(22)23)18(24)20-11(2)14-9-19-21(4)12(14)3/h6-9,11H,5,10H2,1-4H3,(H,20,24)(H,22,23). The zero-order valence-electron chi connectivity index (χ0n) is 15.3. The Bertz CT molecular complexity index is 800. The molecule has 0 aliphatic rings. The second-order valence-corrected chi connectivity index (χ2v) is 5.78. The predicted octanol–water partition coefficient (Wildman–Crippen LogP) is 2.08. The fourth-order valence-corrected chi connectivity index (χ4v) is 2.47. The molecule has 2 rings (SSSR count). The Morgan fingerprint density at radius 1 is 1.31 bits per heavy atom. The molecule has 0 aliphatic carbocycles. The zero-order valence-corrected chi connectivity index (χ0v) is 15.3. The molecule has 8 nitrogen and oxygen atoms in total. The number of carbonyl (C=O) groups excluding carboxylic acids is 1. The Labute approximate surface area is 151 Å². The molecule has 1 amide bonds. The van der Waals surface area contributed by atoms with Gasteiger partial charge in [-0.2, -0.15) is 5.10 Å². The molecule has 0 bridgehead atoms. The number of carbonyl (C=O) groups is 2. The van der Waals surface area contributed by atoms with E-state index in [0.717, 1.165) is 11.3 Å². The number of hydrogen-bond donors (Lipinski definition) is 2. The molecule has 1 aromatic carbocycles. The number of nitrogens with zero attached hydrogens (tertiary/aromatic N) is 2. The molecule has 0 spiro atoms. The maximum absolute atomic E-state index is 12.6. The van der Waals surface area contributed by atoms with Gasteiger partial charge in [-0.25, -0.2) is 4.79 Å². The minimum atomic E-state index is -1.09. The molecule has 1 heterocycles. The van der Waals surface area contributed by atoms with Crippen LogP contribution in [0.3, 0.4) is 0 Å². The number of hydrogen-bond acceptors (Lipinski definition) is 5. The molecule has 0 fully saturated rings. The quantitative estimate of drug-likeness (QED) is 0.746. The van der Waals surface area contributed by atoms with E-state index in [-0.39, 0.29) is 17.7 Å². The molecular formula is C18H23N3O5. The molecule has 140 valence electrons. The molecule has 2 N–H and O–H groups in total. The Balaban J connectivity index is 2.16. The lowest BCUT2D eigenvalue weighted by atomic mass is 10.1. The first-order chi connectivity index (χ1) is 12.3. The summed E-state index contributed by atoms with van der Waals surface area (Å²) in [6.07, 6.45) is 1.73. The lowest BCUT2D eigenvalue weighted by Crippen LogP contribution is -2.27. The second kappa shape index (κ2) is 8.37. The van der Waals surface area contributed by atoms with Gasteiger partial charge >= 0.3 is 5.97 Å². The van der Waals surface area contributed by atoms with Crippen molar-refractivity contribution >= 4 is 11.9 Å². The van der Waals surface area contributed by atoms with Crippen molar-refractivity contribution in [3.05, 3.63) is 41.2 Å². The Hall–Kier alpha value is -3.03. The van der Waals surface area contributed by atoms with E-state index in [1.54, 1.807) is 29.9 Å². The third-order valence-electron chi connectivity index (χ3n) is 3.94. The number of rotatable bonds is 8. The third-order valence-corrected chi connectivity index (χ3v) is 3.94. The van der Waals surface area contributed by atoms with Crippen LogP contribution in [0.4, 0.5) is 0 Å². The highest BCUT2D eigenvalue weighted by molar-refractivity contribution is 5.95. The molecule has 1 unspecified atom stereocenters. The van der Waals surface area contributed by atoms with Crippen LogP contribution in [0.5, 0.6) is 11.5 Å². The Morgan fingerprint density at radius 3 is 2.62 bits per heavy atom. The first-order valence-electron chi connectivity index (χ1n) is 8.24. The Kier molecular flexibility index (Phi) is 6.21. The van der Waals surface area contributed by atoms with Crippen molar-refractivity contribution < 1.29 is 24.2 Å². The van der Waals surface area contributed by atoms with Gasteiger partial charge in [0.2, 0.25) is 0 Å². The van der Waals surface area contributed by atoms with Gasteiger partial charge in [0.1, 0.15) is 0 Å². The summed E-state index contributed by atoms with van der Waals surface area (Å²) in [4.78, 5) is 23.2. The maximum Gasteiger partial charge on any atom is 0.341 e. The van der Waals surface area contributed by atoms with Crippen molar-refractivity contribution in [2.24, 2.45) is 7.05 Å². The summed E-state index contributed by atoms with van der Waals surface area (Å²) >= 11 is 0. The second-order valence-electron chi connectivity index (χ2n) is 5.78. The number of aliphatic carboxylic acids is 1. The summed E-state index contributed by atoms with van der Waals surface area (Å²) in [6.45, 7) is 5.49. The molecular weight excluding hydrogens is 338 g/mol. The normalized spacial score (nSPS) is 11.7. The number of benzene rings is 1. The van der Waals surface area contributed by atoms with Crippen LogP contribution in [0.25, 0.3) is 0 Å². The number of nitrogens with one attached hydrogen (secondary N) is 1. The van der Waals surface area contributed by atoms with Gasteiger partial charge in [0.25, 0.3) is 5.91 Å². The van der Waals surface area contributed by atoms with E-state index >= 15 is 0 Å². The van der Waals surface area contributed by atoms with E-state index in [2.05, 4.69) is 10.4 Å². The van der Waals surface area contributed by atoms with Gasteiger partial charge in [-0.15, -0.1) is 0 Å². The minimum Gasteiger partial charge on any atom is -0.490 e. The van der Waals surface area contributed by atoms with Gasteiger partial charge in [0.15, 0.2) is 18.1 Å². The number of aromatic nitrogens is 2. The van der Waals surface area contributed by atoms with Crippen LogP contribution in [-0.2, 0) is 11.8 Å². The number of carboxylic acids is 1. The van der Waals surface area contributed by atoms with Crippen molar-refractivity contribution in [3.8, 4) is 11.5 Å². The van der Waals surface area contributed by atoms with Gasteiger partial charge in [0, 0.05) is 23.9 Å². The van der Waals surface area contributed by atoms with Crippen LogP contribution in [0.1, 0.15) is 41.5 Å². The van der Waals surface area contributed by atoms with Crippen molar-refractivity contribution in [3.63, 3.8) is 0 Å². The van der Waals surface area contributed by atoms with E-state index in [4.69, 9.17) is 14.6 Å². The van der Waals surface area contributed by atoms with E-state index in [1.165, 1.54) is 6.07 Å². The Morgan fingerprint density at radius 2 is 2.04 bits per heavy atom. The summed E-state index contributed by atoms with van der Waals surface area (Å²) in [5, 5.41) is 15.8. The van der Waals surface area contributed by atoms with Gasteiger partial charge in [-0.3, -0.25) is 9.48 Å². The number of ether oxygens (including phenoxy) is 2. The fraction of sp³-hybridized carbons (Fsp3) is 0.389. The number of carboxylic acid groups (broad SMARTS) is 1. The van der Waals surface area contributed by atoms with Crippen LogP contribution in [-0.4, -0.2) is 40.0 Å². The van der Waals surface area contributed by atoms with Gasteiger partial charge in [-0.1, -0.05) is 0 Å². The van der Waals surface area contributed by atoms with Crippen molar-refractivity contribution in [1.82, 2.24) is 15.1 Å². The molecule has 2 aromatic rings. The highest BCUT2D eigenvalue weighted by atomic mass is 16.5. The first kappa shape index (κ1) is 19.3. The summed E-state index contributed by atoms with van der Waals surface area (Å²) in [7, 11) is 1.84. The summed E-state index contributed by atoms with van der Waals surface area (Å²) in [5.74, 6) is -0.755.